The predicted molar refractivity (Wildman–Crippen MR) is 96.0 cm³/mol. The Morgan fingerprint density at radius 1 is 0.867 bits per heavy atom. The summed E-state index contributed by atoms with van der Waals surface area (Å²) in [4.78, 5) is 10.9. The summed E-state index contributed by atoms with van der Waals surface area (Å²) in [5, 5.41) is 11.6. The van der Waals surface area contributed by atoms with Crippen LogP contribution in [0.1, 0.15) is 17.2 Å². The van der Waals surface area contributed by atoms with Gasteiger partial charge in [-0.3, -0.25) is 10.1 Å². The maximum Gasteiger partial charge on any atom is 0.257 e. The topological polar surface area (TPSA) is 52.4 Å². The molecule has 2 unspecified atom stereocenters. The van der Waals surface area contributed by atoms with Crippen LogP contribution in [0.15, 0.2) is 48.5 Å². The van der Waals surface area contributed by atoms with Gasteiger partial charge in [0.25, 0.3) is 6.04 Å². The molecule has 0 fully saturated rings. The lowest BCUT2D eigenvalue weighted by molar-refractivity contribution is -0.535. The van der Waals surface area contributed by atoms with E-state index in [1.807, 2.05) is 0 Å². The number of halogens is 5. The van der Waals surface area contributed by atoms with Crippen LogP contribution in [0.3, 0.4) is 0 Å². The first kappa shape index (κ1) is 19.8. The summed E-state index contributed by atoms with van der Waals surface area (Å²) in [5.74, 6) is -5.34. The van der Waals surface area contributed by atoms with Crippen molar-refractivity contribution in [3.8, 4) is 16.9 Å². The Kier molecular flexibility index (Phi) is 4.89. The molecule has 0 saturated heterocycles. The Balaban J connectivity index is 1.76. The molecule has 0 amide bonds. The van der Waals surface area contributed by atoms with Crippen molar-refractivity contribution in [2.45, 2.75) is 18.6 Å². The van der Waals surface area contributed by atoms with Crippen molar-refractivity contribution < 1.29 is 31.6 Å². The number of rotatable bonds is 3. The first-order valence-electron chi connectivity index (χ1n) is 8.77. The number of nitrogens with zero attached hydrogens (tertiary/aromatic N) is 1. The number of benzene rings is 3. The number of hydrogen-bond acceptors (Lipinski definition) is 3. The first-order chi connectivity index (χ1) is 14.2. The van der Waals surface area contributed by atoms with Gasteiger partial charge in [0.05, 0.1) is 0 Å². The van der Waals surface area contributed by atoms with Gasteiger partial charge in [-0.25, -0.2) is 22.0 Å². The van der Waals surface area contributed by atoms with Crippen LogP contribution in [-0.4, -0.2) is 11.0 Å². The monoisotopic (exact) mass is 421 g/mol. The maximum absolute atomic E-state index is 14.2. The highest BCUT2D eigenvalue weighted by Gasteiger charge is 2.41. The summed E-state index contributed by atoms with van der Waals surface area (Å²) >= 11 is 0. The number of fused-ring (bicyclic) bond motifs is 1. The van der Waals surface area contributed by atoms with Crippen molar-refractivity contribution in [3.05, 3.63) is 98.9 Å². The van der Waals surface area contributed by atoms with Gasteiger partial charge in [-0.15, -0.1) is 0 Å². The van der Waals surface area contributed by atoms with Crippen molar-refractivity contribution in [1.82, 2.24) is 0 Å². The van der Waals surface area contributed by atoms with E-state index < -0.39 is 51.7 Å². The zero-order valence-electron chi connectivity index (χ0n) is 15.0. The van der Waals surface area contributed by atoms with Gasteiger partial charge in [-0.05, 0) is 35.9 Å². The van der Waals surface area contributed by atoms with Crippen molar-refractivity contribution in [3.63, 3.8) is 0 Å². The molecule has 1 heterocycles. The van der Waals surface area contributed by atoms with Crippen LogP contribution in [0.2, 0.25) is 0 Å². The lowest BCUT2D eigenvalue weighted by Gasteiger charge is -2.29. The Morgan fingerprint density at radius 3 is 2.30 bits per heavy atom. The van der Waals surface area contributed by atoms with Gasteiger partial charge in [0.1, 0.15) is 23.2 Å². The van der Waals surface area contributed by atoms with Crippen LogP contribution in [0, 0.1) is 39.2 Å². The lowest BCUT2D eigenvalue weighted by atomic mass is 9.90. The van der Waals surface area contributed by atoms with E-state index in [0.29, 0.717) is 29.3 Å². The fourth-order valence-electron chi connectivity index (χ4n) is 3.50. The molecule has 4 nitrogen and oxygen atoms in total. The van der Waals surface area contributed by atoms with Gasteiger partial charge in [0.2, 0.25) is 0 Å². The molecule has 3 aromatic carbocycles. The maximum atomic E-state index is 14.2. The van der Waals surface area contributed by atoms with Gasteiger partial charge in [0, 0.05) is 40.2 Å². The van der Waals surface area contributed by atoms with Gasteiger partial charge in [0.15, 0.2) is 17.7 Å². The van der Waals surface area contributed by atoms with E-state index in [-0.39, 0.29) is 17.7 Å². The quantitative estimate of drug-likeness (QED) is 0.247. The molecule has 2 atom stereocenters. The molecule has 0 aromatic heterocycles. The predicted octanol–water partition coefficient (Wildman–Crippen LogP) is 5.37. The lowest BCUT2D eigenvalue weighted by Crippen LogP contribution is -2.37. The van der Waals surface area contributed by atoms with E-state index in [1.54, 1.807) is 0 Å². The zero-order chi connectivity index (χ0) is 21.6. The average molecular weight is 421 g/mol. The third-order valence-electron chi connectivity index (χ3n) is 4.95. The second-order valence-corrected chi connectivity index (χ2v) is 6.83. The molecule has 0 N–H and O–H groups in total. The third-order valence-corrected chi connectivity index (χ3v) is 4.95. The largest absolute Gasteiger partial charge is 0.478 e. The van der Waals surface area contributed by atoms with E-state index in [4.69, 9.17) is 4.74 Å². The minimum atomic E-state index is -1.50. The number of ether oxygens (including phenoxy) is 1. The van der Waals surface area contributed by atoms with E-state index in [2.05, 4.69) is 0 Å². The molecule has 9 heteroatoms. The van der Waals surface area contributed by atoms with E-state index in [1.165, 1.54) is 24.3 Å². The van der Waals surface area contributed by atoms with Crippen molar-refractivity contribution in [2.75, 3.05) is 0 Å². The fourth-order valence-corrected chi connectivity index (χ4v) is 3.50. The molecule has 0 radical (unpaired) electrons. The SMILES string of the molecule is O=[N+]([O-])C1Cc2cc(-c3ccc(F)cc3F)ccc2OC1c1cc(F)c(F)cc1F. The van der Waals surface area contributed by atoms with Crippen molar-refractivity contribution >= 4 is 0 Å². The summed E-state index contributed by atoms with van der Waals surface area (Å²) in [6.07, 6.45) is -1.71. The minimum Gasteiger partial charge on any atom is -0.478 e. The molecule has 1 aliphatic heterocycles. The summed E-state index contributed by atoms with van der Waals surface area (Å²) in [7, 11) is 0. The molecule has 30 heavy (non-hydrogen) atoms. The summed E-state index contributed by atoms with van der Waals surface area (Å²) < 4.78 is 73.9. The highest BCUT2D eigenvalue weighted by molar-refractivity contribution is 5.66. The van der Waals surface area contributed by atoms with Crippen LogP contribution in [0.25, 0.3) is 11.1 Å². The molecule has 0 aliphatic carbocycles. The van der Waals surface area contributed by atoms with Crippen LogP contribution >= 0.6 is 0 Å². The van der Waals surface area contributed by atoms with E-state index >= 15 is 0 Å². The van der Waals surface area contributed by atoms with Crippen LogP contribution in [0.4, 0.5) is 22.0 Å². The standard InChI is InChI=1S/C21H12F5NO3/c22-12-2-3-13(15(23)7-12)10-1-4-20-11(5-10)6-19(27(28)29)21(30-20)14-8-17(25)18(26)9-16(14)24/h1-5,7-9,19,21H,6H2. The Morgan fingerprint density at radius 2 is 1.60 bits per heavy atom. The minimum absolute atomic E-state index is 0.0885. The Labute approximate surface area is 166 Å². The molecule has 3 aromatic rings. The molecular weight excluding hydrogens is 409 g/mol. The second kappa shape index (κ2) is 7.40. The number of nitro groups is 1. The highest BCUT2D eigenvalue weighted by Crippen LogP contribution is 2.39. The van der Waals surface area contributed by atoms with Gasteiger partial charge >= 0.3 is 0 Å². The summed E-state index contributed by atoms with van der Waals surface area (Å²) in [6, 6.07) is 6.71. The fraction of sp³-hybridized carbons (Fsp3) is 0.143. The van der Waals surface area contributed by atoms with Gasteiger partial charge in [-0.2, -0.15) is 0 Å². The van der Waals surface area contributed by atoms with Gasteiger partial charge in [-0.1, -0.05) is 6.07 Å². The molecule has 0 saturated carbocycles. The van der Waals surface area contributed by atoms with Crippen molar-refractivity contribution in [1.29, 1.82) is 0 Å². The normalized spacial score (nSPS) is 17.9. The third kappa shape index (κ3) is 3.47. The molecule has 1 aliphatic rings. The summed E-state index contributed by atoms with van der Waals surface area (Å²) in [6.45, 7) is 0. The molecule has 154 valence electrons. The van der Waals surface area contributed by atoms with E-state index in [9.17, 15) is 32.1 Å². The zero-order valence-corrected chi connectivity index (χ0v) is 15.0. The number of hydrogen-bond donors (Lipinski definition) is 0. The molecule has 4 rings (SSSR count). The Bertz CT molecular complexity index is 1170. The second-order valence-electron chi connectivity index (χ2n) is 6.83. The smallest absolute Gasteiger partial charge is 0.257 e. The highest BCUT2D eigenvalue weighted by atomic mass is 19.2. The average Bonchev–Trinajstić information content (AvgIpc) is 2.69. The van der Waals surface area contributed by atoms with E-state index in [0.717, 1.165) is 6.07 Å². The van der Waals surface area contributed by atoms with Gasteiger partial charge < -0.3 is 4.74 Å². The summed E-state index contributed by atoms with van der Waals surface area (Å²) in [5.41, 5.74) is 0.298. The Hall–Kier alpha value is -3.49. The molecule has 0 bridgehead atoms. The van der Waals surface area contributed by atoms with Crippen LogP contribution in [0.5, 0.6) is 5.75 Å². The van der Waals surface area contributed by atoms with Crippen molar-refractivity contribution in [2.24, 2.45) is 0 Å². The van der Waals surface area contributed by atoms with Crippen LogP contribution < -0.4 is 4.74 Å². The van der Waals surface area contributed by atoms with Crippen LogP contribution in [-0.2, 0) is 6.42 Å². The molecular formula is C21H12F5NO3. The molecule has 0 spiro atoms. The first-order valence-corrected chi connectivity index (χ1v) is 8.77.